The van der Waals surface area contributed by atoms with Crippen LogP contribution in [0, 0.1) is 17.2 Å². The molecule has 3 N–H and O–H groups in total. The fourth-order valence-electron chi connectivity index (χ4n) is 2.80. The molecule has 0 radical (unpaired) electrons. The lowest BCUT2D eigenvalue weighted by Crippen LogP contribution is -2.42. The van der Waals surface area contributed by atoms with Gasteiger partial charge in [-0.2, -0.15) is 5.26 Å². The molecule has 26 heavy (non-hydrogen) atoms. The molecule has 7 nitrogen and oxygen atoms in total. The van der Waals surface area contributed by atoms with Gasteiger partial charge in [-0.15, -0.1) is 0 Å². The second kappa shape index (κ2) is 10.7. The summed E-state index contributed by atoms with van der Waals surface area (Å²) in [4.78, 5) is 25.8. The van der Waals surface area contributed by atoms with Crippen molar-refractivity contribution in [3.8, 4) is 6.07 Å². The van der Waals surface area contributed by atoms with Gasteiger partial charge in [0.25, 0.3) is 0 Å². The molecular weight excluding hydrogens is 330 g/mol. The molecule has 0 aromatic rings. The molecule has 0 aromatic carbocycles. The summed E-state index contributed by atoms with van der Waals surface area (Å²) in [5.74, 6) is 0.635. The molecule has 0 atom stereocenters. The first-order valence-corrected chi connectivity index (χ1v) is 9.48. The van der Waals surface area contributed by atoms with Crippen molar-refractivity contribution in [3.05, 3.63) is 11.9 Å². The van der Waals surface area contributed by atoms with Crippen LogP contribution in [0.25, 0.3) is 0 Å². The Morgan fingerprint density at radius 3 is 2.27 bits per heavy atom. The van der Waals surface area contributed by atoms with E-state index in [-0.39, 0.29) is 18.4 Å². The maximum Gasteiger partial charge on any atom is 0.248 e. The van der Waals surface area contributed by atoms with E-state index in [9.17, 15) is 9.59 Å². The van der Waals surface area contributed by atoms with E-state index in [1.807, 2.05) is 19.0 Å². The SMILES string of the molecule is CCCC(CCC)CN/C(=C/C(=O)NCC(=O)NC1(C#N)CC1)N(C)C. The number of carbonyl (C=O) groups excluding carboxylic acids is 2. The molecule has 146 valence electrons. The highest BCUT2D eigenvalue weighted by Gasteiger charge is 2.44. The number of amides is 2. The Morgan fingerprint density at radius 1 is 1.19 bits per heavy atom. The first-order valence-electron chi connectivity index (χ1n) is 9.48. The number of nitrogens with one attached hydrogen (secondary N) is 3. The molecule has 1 aliphatic rings. The van der Waals surface area contributed by atoms with Gasteiger partial charge in [0.05, 0.1) is 12.6 Å². The quantitative estimate of drug-likeness (QED) is 0.456. The van der Waals surface area contributed by atoms with Crippen molar-refractivity contribution in [1.82, 2.24) is 20.9 Å². The van der Waals surface area contributed by atoms with E-state index in [2.05, 4.69) is 35.9 Å². The fourth-order valence-corrected chi connectivity index (χ4v) is 2.80. The molecule has 0 saturated heterocycles. The Labute approximate surface area is 157 Å². The van der Waals surface area contributed by atoms with Crippen molar-refractivity contribution in [1.29, 1.82) is 5.26 Å². The molecule has 1 fully saturated rings. The molecule has 1 aliphatic carbocycles. The minimum atomic E-state index is -0.707. The van der Waals surface area contributed by atoms with Crippen molar-refractivity contribution >= 4 is 11.8 Å². The summed E-state index contributed by atoms with van der Waals surface area (Å²) >= 11 is 0. The van der Waals surface area contributed by atoms with Gasteiger partial charge in [-0.25, -0.2) is 0 Å². The third-order valence-electron chi connectivity index (χ3n) is 4.48. The summed E-state index contributed by atoms with van der Waals surface area (Å²) in [5.41, 5.74) is -0.707. The molecule has 0 unspecified atom stereocenters. The minimum absolute atomic E-state index is 0.131. The summed E-state index contributed by atoms with van der Waals surface area (Å²) < 4.78 is 0. The highest BCUT2D eigenvalue weighted by molar-refractivity contribution is 5.91. The number of hydrogen-bond acceptors (Lipinski definition) is 5. The van der Waals surface area contributed by atoms with Crippen LogP contribution in [-0.4, -0.2) is 49.4 Å². The molecule has 0 heterocycles. The van der Waals surface area contributed by atoms with E-state index in [0.717, 1.165) is 38.0 Å². The van der Waals surface area contributed by atoms with E-state index in [4.69, 9.17) is 5.26 Å². The summed E-state index contributed by atoms with van der Waals surface area (Å²) in [5, 5.41) is 17.5. The molecule has 2 amide bonds. The fraction of sp³-hybridized carbons (Fsp3) is 0.737. The maximum absolute atomic E-state index is 12.1. The molecular formula is C19H33N5O2. The Bertz CT molecular complexity index is 541. The van der Waals surface area contributed by atoms with Gasteiger partial charge in [-0.05, 0) is 31.6 Å². The number of rotatable bonds is 12. The van der Waals surface area contributed by atoms with E-state index in [1.165, 1.54) is 6.08 Å². The molecule has 0 aliphatic heterocycles. The predicted molar refractivity (Wildman–Crippen MR) is 102 cm³/mol. The van der Waals surface area contributed by atoms with Crippen LogP contribution in [0.4, 0.5) is 0 Å². The Morgan fingerprint density at radius 2 is 1.81 bits per heavy atom. The van der Waals surface area contributed by atoms with E-state index >= 15 is 0 Å². The van der Waals surface area contributed by atoms with Crippen LogP contribution in [0.3, 0.4) is 0 Å². The zero-order chi connectivity index (χ0) is 19.6. The van der Waals surface area contributed by atoms with Gasteiger partial charge in [0.2, 0.25) is 11.8 Å². The van der Waals surface area contributed by atoms with Gasteiger partial charge in [-0.1, -0.05) is 26.7 Å². The molecule has 0 spiro atoms. The standard InChI is InChI=1S/C19H33N5O2/c1-5-7-15(8-6-2)12-21-16(24(3)4)11-17(25)22-13-18(26)23-19(14-20)9-10-19/h11,15,21H,5-10,12-13H2,1-4H3,(H,22,25)(H,23,26)/b16-11-. The van der Waals surface area contributed by atoms with Crippen molar-refractivity contribution in [2.24, 2.45) is 5.92 Å². The van der Waals surface area contributed by atoms with Crippen molar-refractivity contribution in [2.75, 3.05) is 27.2 Å². The summed E-state index contributed by atoms with van der Waals surface area (Å²) in [7, 11) is 3.74. The van der Waals surface area contributed by atoms with Crippen LogP contribution >= 0.6 is 0 Å². The predicted octanol–water partition coefficient (Wildman–Crippen LogP) is 1.48. The van der Waals surface area contributed by atoms with Gasteiger partial charge in [-0.3, -0.25) is 9.59 Å². The lowest BCUT2D eigenvalue weighted by atomic mass is 9.98. The van der Waals surface area contributed by atoms with Crippen molar-refractivity contribution < 1.29 is 9.59 Å². The molecule has 0 bridgehead atoms. The van der Waals surface area contributed by atoms with Crippen LogP contribution < -0.4 is 16.0 Å². The van der Waals surface area contributed by atoms with Crippen molar-refractivity contribution in [2.45, 2.75) is 57.9 Å². The highest BCUT2D eigenvalue weighted by atomic mass is 16.2. The average Bonchev–Trinajstić information content (AvgIpc) is 3.36. The minimum Gasteiger partial charge on any atom is -0.371 e. The highest BCUT2D eigenvalue weighted by Crippen LogP contribution is 2.33. The first-order chi connectivity index (χ1) is 12.4. The first kappa shape index (κ1) is 21.8. The van der Waals surface area contributed by atoms with Gasteiger partial charge in [0.1, 0.15) is 11.4 Å². The number of hydrogen-bond donors (Lipinski definition) is 3. The van der Waals surface area contributed by atoms with Crippen LogP contribution in [-0.2, 0) is 9.59 Å². The maximum atomic E-state index is 12.1. The molecule has 0 aromatic heterocycles. The third-order valence-corrected chi connectivity index (χ3v) is 4.48. The van der Waals surface area contributed by atoms with E-state index in [1.54, 1.807) is 0 Å². The Hall–Kier alpha value is -2.23. The van der Waals surface area contributed by atoms with Gasteiger partial charge >= 0.3 is 0 Å². The smallest absolute Gasteiger partial charge is 0.248 e. The number of nitrogens with zero attached hydrogens (tertiary/aromatic N) is 2. The largest absolute Gasteiger partial charge is 0.371 e. The molecule has 1 rings (SSSR count). The molecule has 1 saturated carbocycles. The summed E-state index contributed by atoms with van der Waals surface area (Å²) in [6.07, 6.45) is 7.44. The average molecular weight is 364 g/mol. The van der Waals surface area contributed by atoms with Crippen LogP contribution in [0.1, 0.15) is 52.4 Å². The Balaban J connectivity index is 2.49. The van der Waals surface area contributed by atoms with Crippen molar-refractivity contribution in [3.63, 3.8) is 0 Å². The monoisotopic (exact) mass is 363 g/mol. The summed E-state index contributed by atoms with van der Waals surface area (Å²) in [6.45, 7) is 5.06. The zero-order valence-electron chi connectivity index (χ0n) is 16.5. The Kier molecular flexibility index (Phi) is 8.97. The van der Waals surface area contributed by atoms with Gasteiger partial charge in [0.15, 0.2) is 0 Å². The normalized spacial score (nSPS) is 15.2. The second-order valence-corrected chi connectivity index (χ2v) is 7.21. The van der Waals surface area contributed by atoms with E-state index in [0.29, 0.717) is 18.8 Å². The lowest BCUT2D eigenvalue weighted by molar-refractivity contribution is -0.124. The van der Waals surface area contributed by atoms with Crippen LogP contribution in [0.5, 0.6) is 0 Å². The third kappa shape index (κ3) is 7.77. The van der Waals surface area contributed by atoms with Gasteiger partial charge < -0.3 is 20.9 Å². The van der Waals surface area contributed by atoms with E-state index < -0.39 is 5.54 Å². The summed E-state index contributed by atoms with van der Waals surface area (Å²) in [6, 6.07) is 2.09. The lowest BCUT2D eigenvalue weighted by Gasteiger charge is -2.23. The van der Waals surface area contributed by atoms with Crippen LogP contribution in [0.15, 0.2) is 11.9 Å². The van der Waals surface area contributed by atoms with Crippen LogP contribution in [0.2, 0.25) is 0 Å². The zero-order valence-corrected chi connectivity index (χ0v) is 16.5. The number of carbonyl (C=O) groups is 2. The number of nitriles is 1. The topological polar surface area (TPSA) is 97.3 Å². The molecule has 7 heteroatoms. The second-order valence-electron chi connectivity index (χ2n) is 7.21. The van der Waals surface area contributed by atoms with Gasteiger partial charge in [0, 0.05) is 26.7 Å².